The minimum atomic E-state index is 0.317. The molecule has 1 atom stereocenters. The van der Waals surface area contributed by atoms with Gasteiger partial charge in [0.05, 0.1) is 0 Å². The first-order chi connectivity index (χ1) is 4.66. The molecule has 10 heavy (non-hydrogen) atoms. The van der Waals surface area contributed by atoms with Gasteiger partial charge in [0.15, 0.2) is 0 Å². The van der Waals surface area contributed by atoms with E-state index in [1.807, 2.05) is 6.92 Å². The third kappa shape index (κ3) is 5.57. The van der Waals surface area contributed by atoms with Crippen molar-refractivity contribution in [1.82, 2.24) is 0 Å². The summed E-state index contributed by atoms with van der Waals surface area (Å²) in [6.07, 6.45) is 5.04. The minimum absolute atomic E-state index is 0.317. The molecule has 0 aliphatic rings. The maximum atomic E-state index is 5.56. The predicted molar refractivity (Wildman–Crippen MR) is 46.8 cm³/mol. The Bertz CT molecular complexity index is 114. The van der Waals surface area contributed by atoms with Crippen LogP contribution in [0, 0.1) is 0 Å². The Labute approximate surface area is 63.6 Å². The highest BCUT2D eigenvalue weighted by Gasteiger charge is 1.93. The van der Waals surface area contributed by atoms with E-state index >= 15 is 0 Å². The molecule has 0 fully saturated rings. The smallest absolute Gasteiger partial charge is 0.00105 e. The van der Waals surface area contributed by atoms with Crippen molar-refractivity contribution in [3.8, 4) is 0 Å². The van der Waals surface area contributed by atoms with Crippen molar-refractivity contribution in [2.24, 2.45) is 5.73 Å². The molecular weight excluding hydrogens is 122 g/mol. The minimum Gasteiger partial charge on any atom is -0.328 e. The molecule has 58 valence electrons. The summed E-state index contributed by atoms with van der Waals surface area (Å²) in [5, 5.41) is 0. The molecule has 0 heterocycles. The standard InChI is InChI=1S/C9H17N/c1-4-8(2)6-5-7-9(3)10/h4,9H,1-2,5-7,10H2,3H3/t9-/m0/s1. The molecule has 0 rings (SSSR count). The van der Waals surface area contributed by atoms with Gasteiger partial charge in [-0.25, -0.2) is 0 Å². The predicted octanol–water partition coefficient (Wildman–Crippen LogP) is 2.25. The van der Waals surface area contributed by atoms with E-state index in [2.05, 4.69) is 13.2 Å². The van der Waals surface area contributed by atoms with Gasteiger partial charge in [-0.3, -0.25) is 0 Å². The molecule has 0 amide bonds. The Kier molecular flexibility index (Phi) is 4.95. The first kappa shape index (κ1) is 9.44. The van der Waals surface area contributed by atoms with Crippen LogP contribution in [0.1, 0.15) is 26.2 Å². The molecule has 0 saturated carbocycles. The van der Waals surface area contributed by atoms with Gasteiger partial charge >= 0.3 is 0 Å². The maximum absolute atomic E-state index is 5.56. The van der Waals surface area contributed by atoms with Crippen LogP contribution in [0.15, 0.2) is 24.8 Å². The number of rotatable bonds is 5. The van der Waals surface area contributed by atoms with Gasteiger partial charge in [-0.1, -0.05) is 24.8 Å². The fourth-order valence-electron chi connectivity index (χ4n) is 0.753. The fourth-order valence-corrected chi connectivity index (χ4v) is 0.753. The van der Waals surface area contributed by atoms with Gasteiger partial charge in [-0.05, 0) is 26.2 Å². The van der Waals surface area contributed by atoms with Gasteiger partial charge in [0, 0.05) is 6.04 Å². The highest BCUT2D eigenvalue weighted by molar-refractivity contribution is 5.10. The Morgan fingerprint density at radius 3 is 2.70 bits per heavy atom. The molecule has 0 spiro atoms. The molecule has 1 nitrogen and oxygen atoms in total. The molecule has 0 unspecified atom stereocenters. The molecule has 0 aliphatic carbocycles. The highest BCUT2D eigenvalue weighted by atomic mass is 14.6. The van der Waals surface area contributed by atoms with Crippen LogP contribution in [-0.2, 0) is 0 Å². The van der Waals surface area contributed by atoms with Crippen molar-refractivity contribution in [1.29, 1.82) is 0 Å². The molecule has 1 heteroatoms. The quantitative estimate of drug-likeness (QED) is 0.581. The fraction of sp³-hybridized carbons (Fsp3) is 0.556. The summed E-state index contributed by atoms with van der Waals surface area (Å²) in [7, 11) is 0. The Hall–Kier alpha value is -0.560. The molecule has 0 bridgehead atoms. The second-order valence-electron chi connectivity index (χ2n) is 2.73. The summed E-state index contributed by atoms with van der Waals surface area (Å²) in [4.78, 5) is 0. The van der Waals surface area contributed by atoms with E-state index in [-0.39, 0.29) is 0 Å². The second kappa shape index (κ2) is 5.24. The SMILES string of the molecule is C=CC(=C)CCC[C@H](C)N. The average molecular weight is 139 g/mol. The lowest BCUT2D eigenvalue weighted by Crippen LogP contribution is -2.13. The topological polar surface area (TPSA) is 26.0 Å². The number of allylic oxidation sites excluding steroid dienone is 2. The monoisotopic (exact) mass is 139 g/mol. The van der Waals surface area contributed by atoms with Crippen LogP contribution in [0.4, 0.5) is 0 Å². The number of nitrogens with two attached hydrogens (primary N) is 1. The van der Waals surface area contributed by atoms with Crippen molar-refractivity contribution < 1.29 is 0 Å². The van der Waals surface area contributed by atoms with E-state index < -0.39 is 0 Å². The maximum Gasteiger partial charge on any atom is 0.00105 e. The zero-order chi connectivity index (χ0) is 7.98. The number of hydrogen-bond donors (Lipinski definition) is 1. The van der Waals surface area contributed by atoms with Crippen molar-refractivity contribution in [2.75, 3.05) is 0 Å². The van der Waals surface area contributed by atoms with Crippen LogP contribution < -0.4 is 5.73 Å². The summed E-state index contributed by atoms with van der Waals surface area (Å²) in [6, 6.07) is 0.317. The van der Waals surface area contributed by atoms with E-state index in [1.54, 1.807) is 6.08 Å². The molecular formula is C9H17N. The average Bonchev–Trinajstić information content (AvgIpc) is 1.87. The first-order valence-corrected chi connectivity index (χ1v) is 3.72. The molecule has 2 N–H and O–H groups in total. The van der Waals surface area contributed by atoms with Crippen molar-refractivity contribution in [3.63, 3.8) is 0 Å². The van der Waals surface area contributed by atoms with Crippen LogP contribution in [0.25, 0.3) is 0 Å². The molecule has 0 aromatic rings. The second-order valence-corrected chi connectivity index (χ2v) is 2.73. The normalized spacial score (nSPS) is 12.6. The Morgan fingerprint density at radius 1 is 1.70 bits per heavy atom. The zero-order valence-electron chi connectivity index (χ0n) is 6.77. The summed E-state index contributed by atoms with van der Waals surface area (Å²) < 4.78 is 0. The Morgan fingerprint density at radius 2 is 2.30 bits per heavy atom. The summed E-state index contributed by atoms with van der Waals surface area (Å²) >= 11 is 0. The number of hydrogen-bond acceptors (Lipinski definition) is 1. The largest absolute Gasteiger partial charge is 0.328 e. The van der Waals surface area contributed by atoms with E-state index in [9.17, 15) is 0 Å². The van der Waals surface area contributed by atoms with E-state index in [0.717, 1.165) is 24.8 Å². The van der Waals surface area contributed by atoms with Gasteiger partial charge in [0.25, 0.3) is 0 Å². The molecule has 0 aromatic heterocycles. The third-order valence-electron chi connectivity index (χ3n) is 1.45. The van der Waals surface area contributed by atoms with Crippen molar-refractivity contribution in [2.45, 2.75) is 32.2 Å². The summed E-state index contributed by atoms with van der Waals surface area (Å²) in [6.45, 7) is 9.46. The summed E-state index contributed by atoms with van der Waals surface area (Å²) in [5.41, 5.74) is 6.68. The third-order valence-corrected chi connectivity index (χ3v) is 1.45. The van der Waals surface area contributed by atoms with Gasteiger partial charge in [0.1, 0.15) is 0 Å². The van der Waals surface area contributed by atoms with Gasteiger partial charge in [0.2, 0.25) is 0 Å². The Balaban J connectivity index is 3.19. The van der Waals surface area contributed by atoms with E-state index in [1.165, 1.54) is 0 Å². The zero-order valence-corrected chi connectivity index (χ0v) is 6.77. The molecule has 0 radical (unpaired) electrons. The van der Waals surface area contributed by atoms with Crippen molar-refractivity contribution >= 4 is 0 Å². The molecule has 0 aliphatic heterocycles. The van der Waals surface area contributed by atoms with Crippen LogP contribution in [-0.4, -0.2) is 6.04 Å². The van der Waals surface area contributed by atoms with Crippen LogP contribution >= 0.6 is 0 Å². The first-order valence-electron chi connectivity index (χ1n) is 3.72. The lowest BCUT2D eigenvalue weighted by atomic mass is 10.1. The van der Waals surface area contributed by atoms with E-state index in [0.29, 0.717) is 6.04 Å². The van der Waals surface area contributed by atoms with Crippen LogP contribution in [0.2, 0.25) is 0 Å². The van der Waals surface area contributed by atoms with Gasteiger partial charge < -0.3 is 5.73 Å². The molecule has 0 saturated heterocycles. The highest BCUT2D eigenvalue weighted by Crippen LogP contribution is 2.06. The van der Waals surface area contributed by atoms with E-state index in [4.69, 9.17) is 5.73 Å². The van der Waals surface area contributed by atoms with Crippen molar-refractivity contribution in [3.05, 3.63) is 24.8 Å². The lowest BCUT2D eigenvalue weighted by molar-refractivity contribution is 0.626. The summed E-state index contributed by atoms with van der Waals surface area (Å²) in [5.74, 6) is 0. The van der Waals surface area contributed by atoms with Crippen LogP contribution in [0.5, 0.6) is 0 Å². The lowest BCUT2D eigenvalue weighted by Gasteiger charge is -2.03. The van der Waals surface area contributed by atoms with Crippen LogP contribution in [0.3, 0.4) is 0 Å². The molecule has 0 aromatic carbocycles. The van der Waals surface area contributed by atoms with Gasteiger partial charge in [-0.2, -0.15) is 0 Å². The van der Waals surface area contributed by atoms with Gasteiger partial charge in [-0.15, -0.1) is 0 Å².